The summed E-state index contributed by atoms with van der Waals surface area (Å²) in [4.78, 5) is 13.4. The van der Waals surface area contributed by atoms with Crippen LogP contribution in [0, 0.1) is 0 Å². The van der Waals surface area contributed by atoms with Crippen molar-refractivity contribution in [3.8, 4) is 22.7 Å². The Morgan fingerprint density at radius 3 is 2.44 bits per heavy atom. The van der Waals surface area contributed by atoms with Crippen molar-refractivity contribution in [3.63, 3.8) is 0 Å². The maximum atomic E-state index is 13.4. The summed E-state index contributed by atoms with van der Waals surface area (Å²) >= 11 is 0. The van der Waals surface area contributed by atoms with Gasteiger partial charge >= 0.3 is 0 Å². The van der Waals surface area contributed by atoms with E-state index < -0.39 is 10.0 Å². The van der Waals surface area contributed by atoms with Crippen LogP contribution in [-0.2, 0) is 10.0 Å². The number of benzene rings is 2. The number of nitrogens with zero attached hydrogens (tertiary/aromatic N) is 3. The predicted octanol–water partition coefficient (Wildman–Crippen LogP) is 3.48. The van der Waals surface area contributed by atoms with Crippen LogP contribution in [0.2, 0.25) is 0 Å². The smallest absolute Gasteiger partial charge is 0.255 e. The molecule has 1 aliphatic heterocycles. The van der Waals surface area contributed by atoms with Gasteiger partial charge in [-0.3, -0.25) is 4.79 Å². The minimum Gasteiger partial charge on any atom is -0.496 e. The summed E-state index contributed by atoms with van der Waals surface area (Å²) in [5, 5.41) is 7.82. The molecule has 0 bridgehead atoms. The number of carbonyl (C=O) groups excluding carboxylic acids is 1. The normalized spacial score (nSPS) is 15.2. The molecular formula is C25H30N4O4S. The van der Waals surface area contributed by atoms with E-state index >= 15 is 0 Å². The van der Waals surface area contributed by atoms with Gasteiger partial charge in [-0.15, -0.1) is 0 Å². The molecule has 4 rings (SSSR count). The topological polar surface area (TPSA) is 93.5 Å². The largest absolute Gasteiger partial charge is 0.496 e. The van der Waals surface area contributed by atoms with E-state index in [0.29, 0.717) is 49.4 Å². The second-order valence-corrected chi connectivity index (χ2v) is 10.4. The van der Waals surface area contributed by atoms with Gasteiger partial charge in [-0.2, -0.15) is 5.10 Å². The first-order valence-electron chi connectivity index (χ1n) is 11.5. The summed E-state index contributed by atoms with van der Waals surface area (Å²) in [5.41, 5.74) is 2.54. The molecule has 0 unspecified atom stereocenters. The lowest BCUT2D eigenvalue weighted by molar-refractivity contribution is 0.0924. The Morgan fingerprint density at radius 1 is 1.09 bits per heavy atom. The van der Waals surface area contributed by atoms with Gasteiger partial charge in [-0.1, -0.05) is 37.3 Å². The zero-order chi connectivity index (χ0) is 24.1. The highest BCUT2D eigenvalue weighted by Crippen LogP contribution is 2.32. The number of methoxy groups -OCH3 is 1. The van der Waals surface area contributed by atoms with Gasteiger partial charge < -0.3 is 10.1 Å². The molecule has 1 fully saturated rings. The minimum absolute atomic E-state index is 0.105. The fraction of sp³-hybridized carbons (Fsp3) is 0.360. The van der Waals surface area contributed by atoms with Gasteiger partial charge in [0.25, 0.3) is 5.91 Å². The number of ether oxygens (including phenoxy) is 1. The average Bonchev–Trinajstić information content (AvgIpc) is 3.30. The Kier molecular flexibility index (Phi) is 7.33. The third kappa shape index (κ3) is 5.15. The summed E-state index contributed by atoms with van der Waals surface area (Å²) in [6.45, 7) is 2.69. The molecule has 1 saturated heterocycles. The molecule has 0 spiro atoms. The monoisotopic (exact) mass is 482 g/mol. The second kappa shape index (κ2) is 10.4. The molecule has 1 amide bonds. The number of para-hydroxylation sites is 2. The van der Waals surface area contributed by atoms with Crippen molar-refractivity contribution in [1.82, 2.24) is 19.4 Å². The number of sulfonamides is 1. The first-order chi connectivity index (χ1) is 16.4. The van der Waals surface area contributed by atoms with Crippen LogP contribution in [0.1, 0.15) is 36.5 Å². The van der Waals surface area contributed by atoms with Crippen molar-refractivity contribution >= 4 is 15.9 Å². The first-order valence-corrected chi connectivity index (χ1v) is 13.1. The van der Waals surface area contributed by atoms with Crippen molar-refractivity contribution in [3.05, 3.63) is 66.4 Å². The van der Waals surface area contributed by atoms with Gasteiger partial charge in [0.1, 0.15) is 11.4 Å². The van der Waals surface area contributed by atoms with Crippen molar-refractivity contribution in [2.24, 2.45) is 0 Å². The van der Waals surface area contributed by atoms with Gasteiger partial charge in [-0.25, -0.2) is 17.4 Å². The zero-order valence-electron chi connectivity index (χ0n) is 19.5. The van der Waals surface area contributed by atoms with E-state index in [4.69, 9.17) is 9.84 Å². The maximum Gasteiger partial charge on any atom is 0.255 e. The molecule has 1 aromatic heterocycles. The molecule has 8 nitrogen and oxygen atoms in total. The average molecular weight is 483 g/mol. The van der Waals surface area contributed by atoms with Crippen LogP contribution in [0.15, 0.2) is 60.8 Å². The van der Waals surface area contributed by atoms with Crippen LogP contribution < -0.4 is 10.1 Å². The van der Waals surface area contributed by atoms with Crippen molar-refractivity contribution in [2.75, 3.05) is 26.0 Å². The number of hydrogen-bond donors (Lipinski definition) is 1. The van der Waals surface area contributed by atoms with Crippen molar-refractivity contribution in [2.45, 2.75) is 32.2 Å². The third-order valence-corrected chi connectivity index (χ3v) is 8.06. The SMILES string of the molecule is CCCS(=O)(=O)N1CCC(NC(=O)c2cn(-c3ccccc3)nc2-c2ccccc2OC)CC1. The van der Waals surface area contributed by atoms with E-state index in [2.05, 4.69) is 5.32 Å². The number of rotatable bonds is 8. The number of carbonyl (C=O) groups is 1. The Labute approximate surface area is 200 Å². The summed E-state index contributed by atoms with van der Waals surface area (Å²) < 4.78 is 33.4. The highest BCUT2D eigenvalue weighted by Gasteiger charge is 2.29. The number of aromatic nitrogens is 2. The quantitative estimate of drug-likeness (QED) is 0.531. The van der Waals surface area contributed by atoms with Crippen molar-refractivity contribution in [1.29, 1.82) is 0 Å². The van der Waals surface area contributed by atoms with Gasteiger partial charge in [-0.05, 0) is 43.5 Å². The van der Waals surface area contributed by atoms with Gasteiger partial charge in [0, 0.05) is 30.9 Å². The zero-order valence-corrected chi connectivity index (χ0v) is 20.3. The molecule has 0 saturated carbocycles. The summed E-state index contributed by atoms with van der Waals surface area (Å²) in [6.07, 6.45) is 3.47. The van der Waals surface area contributed by atoms with Crippen LogP contribution in [0.25, 0.3) is 16.9 Å². The molecule has 180 valence electrons. The number of piperidine rings is 1. The van der Waals surface area contributed by atoms with Gasteiger partial charge in [0.15, 0.2) is 0 Å². The van der Waals surface area contributed by atoms with E-state index in [1.165, 1.54) is 4.31 Å². The lowest BCUT2D eigenvalue weighted by atomic mass is 10.0. The number of nitrogens with one attached hydrogen (secondary N) is 1. The Morgan fingerprint density at radius 2 is 1.76 bits per heavy atom. The molecular weight excluding hydrogens is 452 g/mol. The Balaban J connectivity index is 1.58. The van der Waals surface area contributed by atoms with E-state index in [1.54, 1.807) is 18.0 Å². The van der Waals surface area contributed by atoms with Crippen LogP contribution in [0.4, 0.5) is 0 Å². The molecule has 1 N–H and O–H groups in total. The highest BCUT2D eigenvalue weighted by atomic mass is 32.2. The van der Waals surface area contributed by atoms with Gasteiger partial charge in [0.05, 0.1) is 24.1 Å². The Bertz CT molecular complexity index is 1230. The van der Waals surface area contributed by atoms with Crippen LogP contribution in [0.3, 0.4) is 0 Å². The molecule has 9 heteroatoms. The maximum absolute atomic E-state index is 13.4. The minimum atomic E-state index is -3.22. The van der Waals surface area contributed by atoms with Crippen LogP contribution in [-0.4, -0.2) is 60.4 Å². The molecule has 1 aliphatic rings. The molecule has 0 radical (unpaired) electrons. The third-order valence-electron chi connectivity index (χ3n) is 5.99. The number of amides is 1. The van der Waals surface area contributed by atoms with E-state index in [0.717, 1.165) is 11.3 Å². The molecule has 0 atom stereocenters. The van der Waals surface area contributed by atoms with Crippen molar-refractivity contribution < 1.29 is 17.9 Å². The van der Waals surface area contributed by atoms with E-state index in [9.17, 15) is 13.2 Å². The second-order valence-electron chi connectivity index (χ2n) is 8.33. The van der Waals surface area contributed by atoms with Gasteiger partial charge in [0.2, 0.25) is 10.0 Å². The summed E-state index contributed by atoms with van der Waals surface area (Å²) in [5.74, 6) is 0.549. The molecule has 0 aliphatic carbocycles. The van der Waals surface area contributed by atoms with Crippen LogP contribution in [0.5, 0.6) is 5.75 Å². The lowest BCUT2D eigenvalue weighted by Gasteiger charge is -2.31. The first kappa shape index (κ1) is 24.0. The fourth-order valence-corrected chi connectivity index (χ4v) is 5.76. The van der Waals surface area contributed by atoms with E-state index in [1.807, 2.05) is 61.5 Å². The lowest BCUT2D eigenvalue weighted by Crippen LogP contribution is -2.47. The predicted molar refractivity (Wildman–Crippen MR) is 132 cm³/mol. The van der Waals surface area contributed by atoms with Crippen LogP contribution >= 0.6 is 0 Å². The molecule has 2 heterocycles. The molecule has 3 aromatic rings. The number of hydrogen-bond acceptors (Lipinski definition) is 5. The summed E-state index contributed by atoms with van der Waals surface area (Å²) in [7, 11) is -1.63. The standard InChI is InChI=1S/C25H30N4O4S/c1-3-17-34(31,32)28-15-13-19(14-16-28)26-25(30)22-18-29(20-9-5-4-6-10-20)27-24(22)21-11-7-8-12-23(21)33-2/h4-12,18-19H,3,13-17H2,1-2H3,(H,26,30). The van der Waals surface area contributed by atoms with E-state index in [-0.39, 0.29) is 17.7 Å². The molecule has 2 aromatic carbocycles. The Hall–Kier alpha value is -3.17. The fourth-order valence-electron chi connectivity index (χ4n) is 4.22. The molecule has 34 heavy (non-hydrogen) atoms. The highest BCUT2D eigenvalue weighted by molar-refractivity contribution is 7.89. The summed E-state index contributed by atoms with van der Waals surface area (Å²) in [6, 6.07) is 17.0.